The van der Waals surface area contributed by atoms with E-state index >= 15 is 0 Å². The quantitative estimate of drug-likeness (QED) is 0.781. The van der Waals surface area contributed by atoms with Crippen LogP contribution in [0.3, 0.4) is 0 Å². The number of halogens is 2. The summed E-state index contributed by atoms with van der Waals surface area (Å²) in [6.07, 6.45) is 0. The molecule has 0 aromatic heterocycles. The third kappa shape index (κ3) is 3.20. The number of benzene rings is 2. The van der Waals surface area contributed by atoms with Crippen molar-refractivity contribution < 1.29 is 13.9 Å². The molecule has 2 rings (SSSR count). The fourth-order valence-electron chi connectivity index (χ4n) is 1.67. The highest BCUT2D eigenvalue weighted by atomic mass is 79.9. The Balaban J connectivity index is 2.25. The largest absolute Gasteiger partial charge is 0.485 e. The number of hydrogen-bond donors (Lipinski definition) is 0. The molecule has 0 atom stereocenters. The first-order chi connectivity index (χ1) is 9.09. The van der Waals surface area contributed by atoms with Crippen LogP contribution in [0.2, 0.25) is 0 Å². The molecule has 2 aromatic carbocycles. The first kappa shape index (κ1) is 13.7. The smallest absolute Gasteiger partial charge is 0.177 e. The van der Waals surface area contributed by atoms with E-state index in [2.05, 4.69) is 15.9 Å². The third-order valence-electron chi connectivity index (χ3n) is 2.65. The van der Waals surface area contributed by atoms with E-state index in [4.69, 9.17) is 4.74 Å². The molecule has 0 aliphatic heterocycles. The number of rotatable bonds is 4. The van der Waals surface area contributed by atoms with Crippen LogP contribution in [0.4, 0.5) is 4.39 Å². The average Bonchev–Trinajstić information content (AvgIpc) is 2.39. The molecule has 0 radical (unpaired) electrons. The van der Waals surface area contributed by atoms with Crippen molar-refractivity contribution in [1.29, 1.82) is 0 Å². The van der Waals surface area contributed by atoms with Crippen molar-refractivity contribution in [1.82, 2.24) is 0 Å². The van der Waals surface area contributed by atoms with Crippen LogP contribution in [-0.2, 0) is 6.61 Å². The molecule has 0 fully saturated rings. The van der Waals surface area contributed by atoms with E-state index < -0.39 is 5.82 Å². The van der Waals surface area contributed by atoms with Gasteiger partial charge >= 0.3 is 0 Å². The molecule has 0 amide bonds. The maximum atomic E-state index is 14.1. The molecule has 0 saturated heterocycles. The molecule has 98 valence electrons. The Kier molecular flexibility index (Phi) is 4.32. The van der Waals surface area contributed by atoms with E-state index in [0.717, 1.165) is 5.56 Å². The van der Waals surface area contributed by atoms with Crippen molar-refractivity contribution in [2.75, 3.05) is 0 Å². The molecule has 0 aliphatic carbocycles. The average molecular weight is 323 g/mol. The van der Waals surface area contributed by atoms with Crippen molar-refractivity contribution in [3.63, 3.8) is 0 Å². The zero-order valence-electron chi connectivity index (χ0n) is 10.3. The highest BCUT2D eigenvalue weighted by Crippen LogP contribution is 2.31. The number of ether oxygens (including phenoxy) is 1. The van der Waals surface area contributed by atoms with Gasteiger partial charge in [0.05, 0.1) is 10.0 Å². The van der Waals surface area contributed by atoms with Crippen LogP contribution in [0.25, 0.3) is 0 Å². The van der Waals surface area contributed by atoms with Gasteiger partial charge in [0.1, 0.15) is 6.61 Å². The molecule has 2 aromatic rings. The van der Waals surface area contributed by atoms with E-state index in [1.54, 1.807) is 6.07 Å². The minimum absolute atomic E-state index is 0.0336. The molecular weight excluding hydrogens is 311 g/mol. The van der Waals surface area contributed by atoms with E-state index in [-0.39, 0.29) is 23.7 Å². The van der Waals surface area contributed by atoms with Crippen molar-refractivity contribution >= 4 is 21.7 Å². The van der Waals surface area contributed by atoms with Gasteiger partial charge in [-0.25, -0.2) is 4.39 Å². The van der Waals surface area contributed by atoms with Crippen LogP contribution >= 0.6 is 15.9 Å². The molecule has 0 aliphatic rings. The van der Waals surface area contributed by atoms with E-state index in [9.17, 15) is 9.18 Å². The lowest BCUT2D eigenvalue weighted by Crippen LogP contribution is -2.03. The topological polar surface area (TPSA) is 26.3 Å². The molecule has 0 spiro atoms. The van der Waals surface area contributed by atoms with Crippen LogP contribution in [0.1, 0.15) is 22.8 Å². The highest BCUT2D eigenvalue weighted by Gasteiger charge is 2.16. The summed E-state index contributed by atoms with van der Waals surface area (Å²) in [6.45, 7) is 1.57. The van der Waals surface area contributed by atoms with Gasteiger partial charge in [-0.15, -0.1) is 0 Å². The maximum absolute atomic E-state index is 14.1. The van der Waals surface area contributed by atoms with Gasteiger partial charge in [-0.05, 0) is 40.5 Å². The van der Waals surface area contributed by atoms with Gasteiger partial charge in [0, 0.05) is 0 Å². The van der Waals surface area contributed by atoms with Crippen LogP contribution in [-0.4, -0.2) is 5.78 Å². The summed E-state index contributed by atoms with van der Waals surface area (Å²) < 4.78 is 20.1. The summed E-state index contributed by atoms with van der Waals surface area (Å²) in [7, 11) is 0. The summed E-state index contributed by atoms with van der Waals surface area (Å²) in [6, 6.07) is 12.5. The lowest BCUT2D eigenvalue weighted by molar-refractivity contribution is 0.101. The molecule has 4 heteroatoms. The fourth-order valence-corrected chi connectivity index (χ4v) is 2.09. The summed E-state index contributed by atoms with van der Waals surface area (Å²) >= 11 is 3.23. The van der Waals surface area contributed by atoms with Crippen molar-refractivity contribution in [3.8, 4) is 5.75 Å². The fraction of sp³-hybridized carbons (Fsp3) is 0.133. The Bertz CT molecular complexity index is 597. The Morgan fingerprint density at radius 3 is 2.53 bits per heavy atom. The normalized spacial score (nSPS) is 10.3. The summed E-state index contributed by atoms with van der Waals surface area (Å²) in [5.41, 5.74) is 0.966. The Hall–Kier alpha value is -1.68. The van der Waals surface area contributed by atoms with Crippen molar-refractivity contribution in [3.05, 3.63) is 63.9 Å². The predicted molar refractivity (Wildman–Crippen MR) is 74.9 cm³/mol. The molecule has 0 bridgehead atoms. The first-order valence-corrected chi connectivity index (χ1v) is 6.54. The molecule has 0 saturated carbocycles. The van der Waals surface area contributed by atoms with E-state index in [0.29, 0.717) is 4.47 Å². The second-order valence-electron chi connectivity index (χ2n) is 4.07. The van der Waals surface area contributed by atoms with Crippen LogP contribution in [0, 0.1) is 5.82 Å². The molecule has 19 heavy (non-hydrogen) atoms. The van der Waals surface area contributed by atoms with Gasteiger partial charge in [0.2, 0.25) is 0 Å². The Morgan fingerprint density at radius 1 is 1.21 bits per heavy atom. The lowest BCUT2D eigenvalue weighted by Gasteiger charge is -2.11. The molecule has 0 N–H and O–H groups in total. The zero-order valence-corrected chi connectivity index (χ0v) is 11.9. The predicted octanol–water partition coefficient (Wildman–Crippen LogP) is 4.37. The number of carbonyl (C=O) groups is 1. The Labute approximate surface area is 119 Å². The molecule has 2 nitrogen and oxygen atoms in total. The third-order valence-corrected chi connectivity index (χ3v) is 3.28. The lowest BCUT2D eigenvalue weighted by atomic mass is 10.1. The Morgan fingerprint density at radius 2 is 1.89 bits per heavy atom. The first-order valence-electron chi connectivity index (χ1n) is 5.75. The van der Waals surface area contributed by atoms with Crippen LogP contribution < -0.4 is 4.74 Å². The SMILES string of the molecule is CC(=O)c1ccc(Br)c(OCc2ccccc2)c1F. The number of carbonyl (C=O) groups excluding carboxylic acids is 1. The summed E-state index contributed by atoms with van der Waals surface area (Å²) in [4.78, 5) is 11.3. The second-order valence-corrected chi connectivity index (χ2v) is 4.92. The number of Topliss-reactive ketones (excluding diaryl/α,β-unsaturated/α-hetero) is 1. The standard InChI is InChI=1S/C15H12BrFO2/c1-10(18)12-7-8-13(16)15(14(12)17)19-9-11-5-3-2-4-6-11/h2-8H,9H2,1H3. The van der Waals surface area contributed by atoms with Gasteiger partial charge in [-0.1, -0.05) is 30.3 Å². The highest BCUT2D eigenvalue weighted by molar-refractivity contribution is 9.10. The van der Waals surface area contributed by atoms with Gasteiger partial charge in [-0.3, -0.25) is 4.79 Å². The minimum Gasteiger partial charge on any atom is -0.485 e. The number of ketones is 1. The van der Waals surface area contributed by atoms with Gasteiger partial charge in [0.25, 0.3) is 0 Å². The monoisotopic (exact) mass is 322 g/mol. The van der Waals surface area contributed by atoms with Gasteiger partial charge in [-0.2, -0.15) is 0 Å². The second kappa shape index (κ2) is 5.97. The van der Waals surface area contributed by atoms with Crippen molar-refractivity contribution in [2.24, 2.45) is 0 Å². The number of hydrogen-bond acceptors (Lipinski definition) is 2. The van der Waals surface area contributed by atoms with Crippen LogP contribution in [0.15, 0.2) is 46.9 Å². The van der Waals surface area contributed by atoms with Gasteiger partial charge < -0.3 is 4.74 Å². The molecular formula is C15H12BrFO2. The van der Waals surface area contributed by atoms with Crippen molar-refractivity contribution in [2.45, 2.75) is 13.5 Å². The van der Waals surface area contributed by atoms with Crippen LogP contribution in [0.5, 0.6) is 5.75 Å². The zero-order chi connectivity index (χ0) is 13.8. The van der Waals surface area contributed by atoms with Gasteiger partial charge in [0.15, 0.2) is 17.3 Å². The van der Waals surface area contributed by atoms with E-state index in [1.165, 1.54) is 13.0 Å². The minimum atomic E-state index is -0.627. The molecule has 0 unspecified atom stereocenters. The summed E-state index contributed by atoms with van der Waals surface area (Å²) in [5, 5.41) is 0. The molecule has 0 heterocycles. The van der Waals surface area contributed by atoms with E-state index in [1.807, 2.05) is 30.3 Å². The summed E-state index contributed by atoms with van der Waals surface area (Å²) in [5.74, 6) is -0.885. The maximum Gasteiger partial charge on any atom is 0.177 e.